The van der Waals surface area contributed by atoms with Gasteiger partial charge >= 0.3 is 7.12 Å². The second-order valence-corrected chi connectivity index (χ2v) is 5.64. The van der Waals surface area contributed by atoms with E-state index in [2.05, 4.69) is 10.1 Å². The molecular formula is C12H16BN3O2. The first kappa shape index (κ1) is 11.7. The number of aromatic nitrogens is 3. The van der Waals surface area contributed by atoms with Gasteiger partial charge in [-0.1, -0.05) is 0 Å². The first-order valence-corrected chi connectivity index (χ1v) is 6.03. The van der Waals surface area contributed by atoms with Crippen LogP contribution in [-0.4, -0.2) is 32.9 Å². The van der Waals surface area contributed by atoms with Crippen molar-refractivity contribution in [3.63, 3.8) is 0 Å². The Hall–Kier alpha value is -1.40. The van der Waals surface area contributed by atoms with Gasteiger partial charge in [0.05, 0.1) is 22.9 Å². The van der Waals surface area contributed by atoms with E-state index in [0.717, 1.165) is 11.0 Å². The van der Waals surface area contributed by atoms with Gasteiger partial charge in [0.15, 0.2) is 0 Å². The lowest BCUT2D eigenvalue weighted by atomic mass is 9.81. The summed E-state index contributed by atoms with van der Waals surface area (Å²) in [5.41, 5.74) is 1.26. The molecule has 2 aromatic heterocycles. The lowest BCUT2D eigenvalue weighted by Crippen LogP contribution is -2.41. The molecule has 0 aromatic carbocycles. The predicted octanol–water partition coefficient (Wildman–Crippen LogP) is 1.03. The topological polar surface area (TPSA) is 48.7 Å². The zero-order chi connectivity index (χ0) is 13.0. The number of rotatable bonds is 1. The molecule has 0 bridgehead atoms. The van der Waals surface area contributed by atoms with E-state index in [9.17, 15) is 0 Å². The van der Waals surface area contributed by atoms with Crippen LogP contribution < -0.4 is 5.46 Å². The monoisotopic (exact) mass is 245 g/mol. The summed E-state index contributed by atoms with van der Waals surface area (Å²) >= 11 is 0. The van der Waals surface area contributed by atoms with Gasteiger partial charge in [0, 0.05) is 11.7 Å². The van der Waals surface area contributed by atoms with Gasteiger partial charge in [-0.2, -0.15) is 5.10 Å². The average molecular weight is 245 g/mol. The minimum Gasteiger partial charge on any atom is -0.399 e. The SMILES string of the molecule is CC1(C)OB(c2cc3cncnn3c2)OC1(C)C. The molecular weight excluding hydrogens is 229 g/mol. The lowest BCUT2D eigenvalue weighted by Gasteiger charge is -2.32. The van der Waals surface area contributed by atoms with Crippen molar-refractivity contribution in [1.82, 2.24) is 14.6 Å². The molecule has 1 fully saturated rings. The first-order valence-electron chi connectivity index (χ1n) is 6.03. The summed E-state index contributed by atoms with van der Waals surface area (Å²) in [6.45, 7) is 8.18. The summed E-state index contributed by atoms with van der Waals surface area (Å²) in [5.74, 6) is 0. The summed E-state index contributed by atoms with van der Waals surface area (Å²) in [5, 5.41) is 4.14. The summed E-state index contributed by atoms with van der Waals surface area (Å²) in [7, 11) is -0.350. The molecule has 94 valence electrons. The summed E-state index contributed by atoms with van der Waals surface area (Å²) in [4.78, 5) is 4.00. The molecule has 2 aromatic rings. The molecule has 0 aliphatic carbocycles. The predicted molar refractivity (Wildman–Crippen MR) is 68.7 cm³/mol. The zero-order valence-electron chi connectivity index (χ0n) is 11.0. The molecule has 0 N–H and O–H groups in total. The molecule has 1 saturated heterocycles. The minimum atomic E-state index is -0.350. The standard InChI is InChI=1S/C12H16BN3O2/c1-11(2)12(3,4)18-13(17-11)9-5-10-6-14-8-15-16(10)7-9/h5-8H,1-4H3. The maximum Gasteiger partial charge on any atom is 0.496 e. The van der Waals surface area contributed by atoms with Crippen molar-refractivity contribution < 1.29 is 9.31 Å². The van der Waals surface area contributed by atoms with Gasteiger partial charge in [-0.15, -0.1) is 0 Å². The van der Waals surface area contributed by atoms with E-state index in [4.69, 9.17) is 9.31 Å². The van der Waals surface area contributed by atoms with Crippen LogP contribution in [0.4, 0.5) is 0 Å². The van der Waals surface area contributed by atoms with E-state index < -0.39 is 0 Å². The lowest BCUT2D eigenvalue weighted by molar-refractivity contribution is 0.00578. The fourth-order valence-electron chi connectivity index (χ4n) is 1.99. The highest BCUT2D eigenvalue weighted by molar-refractivity contribution is 6.62. The molecule has 6 heteroatoms. The third kappa shape index (κ3) is 1.64. The van der Waals surface area contributed by atoms with Crippen molar-refractivity contribution in [2.45, 2.75) is 38.9 Å². The van der Waals surface area contributed by atoms with Crippen molar-refractivity contribution >= 4 is 18.1 Å². The fourth-order valence-corrected chi connectivity index (χ4v) is 1.99. The molecule has 3 rings (SSSR count). The third-order valence-electron chi connectivity index (χ3n) is 3.83. The summed E-state index contributed by atoms with van der Waals surface area (Å²) in [6, 6.07) is 1.99. The van der Waals surface area contributed by atoms with E-state index in [0.29, 0.717) is 0 Å². The van der Waals surface area contributed by atoms with Crippen LogP contribution in [0.2, 0.25) is 0 Å². The van der Waals surface area contributed by atoms with Gasteiger partial charge < -0.3 is 9.31 Å². The average Bonchev–Trinajstić information content (AvgIpc) is 2.78. The Bertz CT molecular complexity index is 545. The molecule has 0 unspecified atom stereocenters. The Labute approximate surface area is 106 Å². The highest BCUT2D eigenvalue weighted by Gasteiger charge is 2.51. The van der Waals surface area contributed by atoms with Crippen molar-refractivity contribution in [3.8, 4) is 0 Å². The number of hydrogen-bond donors (Lipinski definition) is 0. The smallest absolute Gasteiger partial charge is 0.399 e. The fraction of sp³-hybridized carbons (Fsp3) is 0.500. The normalized spacial score (nSPS) is 21.7. The Balaban J connectivity index is 1.97. The third-order valence-corrected chi connectivity index (χ3v) is 3.83. The van der Waals surface area contributed by atoms with E-state index in [-0.39, 0.29) is 18.3 Å². The van der Waals surface area contributed by atoms with Crippen molar-refractivity contribution in [3.05, 3.63) is 24.8 Å². The maximum atomic E-state index is 6.00. The molecule has 0 amide bonds. The van der Waals surface area contributed by atoms with Gasteiger partial charge in [-0.3, -0.25) is 0 Å². The molecule has 0 radical (unpaired) electrons. The van der Waals surface area contributed by atoms with Gasteiger partial charge in [-0.25, -0.2) is 9.50 Å². The van der Waals surface area contributed by atoms with Crippen LogP contribution in [0, 0.1) is 0 Å². The molecule has 1 aliphatic heterocycles. The van der Waals surface area contributed by atoms with Gasteiger partial charge in [0.25, 0.3) is 0 Å². The molecule has 18 heavy (non-hydrogen) atoms. The van der Waals surface area contributed by atoms with Gasteiger partial charge in [0.2, 0.25) is 0 Å². The minimum absolute atomic E-state index is 0.322. The van der Waals surface area contributed by atoms with E-state index in [1.165, 1.54) is 6.33 Å². The summed E-state index contributed by atoms with van der Waals surface area (Å²) in [6.07, 6.45) is 5.20. The first-order chi connectivity index (χ1) is 8.39. The number of fused-ring (bicyclic) bond motifs is 1. The van der Waals surface area contributed by atoms with Crippen molar-refractivity contribution in [2.75, 3.05) is 0 Å². The van der Waals surface area contributed by atoms with E-state index in [1.54, 1.807) is 10.7 Å². The number of nitrogens with zero attached hydrogens (tertiary/aromatic N) is 3. The van der Waals surface area contributed by atoms with Crippen LogP contribution in [-0.2, 0) is 9.31 Å². The largest absolute Gasteiger partial charge is 0.496 e. The second kappa shape index (κ2) is 3.55. The molecule has 0 atom stereocenters. The van der Waals surface area contributed by atoms with Crippen LogP contribution in [0.3, 0.4) is 0 Å². The highest BCUT2D eigenvalue weighted by Crippen LogP contribution is 2.36. The molecule has 1 aliphatic rings. The van der Waals surface area contributed by atoms with Crippen LogP contribution >= 0.6 is 0 Å². The van der Waals surface area contributed by atoms with E-state index in [1.807, 2.05) is 40.0 Å². The van der Waals surface area contributed by atoms with E-state index >= 15 is 0 Å². The van der Waals surface area contributed by atoms with Gasteiger partial charge in [-0.05, 0) is 33.8 Å². The van der Waals surface area contributed by atoms with Crippen LogP contribution in [0.5, 0.6) is 0 Å². The Morgan fingerprint density at radius 3 is 2.44 bits per heavy atom. The number of hydrogen-bond acceptors (Lipinski definition) is 4. The Morgan fingerprint density at radius 2 is 1.83 bits per heavy atom. The zero-order valence-corrected chi connectivity index (χ0v) is 11.0. The van der Waals surface area contributed by atoms with Crippen molar-refractivity contribution in [1.29, 1.82) is 0 Å². The van der Waals surface area contributed by atoms with Crippen molar-refractivity contribution in [2.24, 2.45) is 0 Å². The second-order valence-electron chi connectivity index (χ2n) is 5.64. The summed E-state index contributed by atoms with van der Waals surface area (Å²) < 4.78 is 13.8. The van der Waals surface area contributed by atoms with Crippen LogP contribution in [0.1, 0.15) is 27.7 Å². The molecule has 0 spiro atoms. The molecule has 3 heterocycles. The maximum absolute atomic E-state index is 6.00. The van der Waals surface area contributed by atoms with Crippen LogP contribution in [0.15, 0.2) is 24.8 Å². The quantitative estimate of drug-likeness (QED) is 0.704. The van der Waals surface area contributed by atoms with Gasteiger partial charge in [0.1, 0.15) is 6.33 Å². The van der Waals surface area contributed by atoms with Crippen LogP contribution in [0.25, 0.3) is 5.52 Å². The molecule has 5 nitrogen and oxygen atoms in total. The highest BCUT2D eigenvalue weighted by atomic mass is 16.7. The molecule has 0 saturated carbocycles. The Kier molecular flexibility index (Phi) is 2.31. The Morgan fingerprint density at radius 1 is 1.17 bits per heavy atom.